The summed E-state index contributed by atoms with van der Waals surface area (Å²) in [5.41, 5.74) is 1.54. The van der Waals surface area contributed by atoms with Crippen molar-refractivity contribution in [2.75, 3.05) is 0 Å². The number of hydrogen-bond acceptors (Lipinski definition) is 6. The Balaban J connectivity index is 1.85. The van der Waals surface area contributed by atoms with Crippen LogP contribution in [0.5, 0.6) is 0 Å². The van der Waals surface area contributed by atoms with E-state index in [0.29, 0.717) is 5.69 Å². The summed E-state index contributed by atoms with van der Waals surface area (Å²) < 4.78 is 29.7. The third kappa shape index (κ3) is 3.22. The van der Waals surface area contributed by atoms with Crippen molar-refractivity contribution in [1.29, 1.82) is 0 Å². The van der Waals surface area contributed by atoms with Crippen LogP contribution < -0.4 is 5.32 Å². The third-order valence-electron chi connectivity index (χ3n) is 2.80. The first-order valence-electron chi connectivity index (χ1n) is 6.10. The van der Waals surface area contributed by atoms with Gasteiger partial charge in [-0.1, -0.05) is 42.1 Å². The van der Waals surface area contributed by atoms with Gasteiger partial charge in [-0.05, 0) is 6.08 Å². The van der Waals surface area contributed by atoms with Gasteiger partial charge in [0.25, 0.3) is 16.0 Å². The summed E-state index contributed by atoms with van der Waals surface area (Å²) in [6.07, 6.45) is 1.51. The lowest BCUT2D eigenvalue weighted by molar-refractivity contribution is -0.116. The molecule has 6 nitrogen and oxygen atoms in total. The van der Waals surface area contributed by atoms with Gasteiger partial charge in [-0.3, -0.25) is 9.35 Å². The van der Waals surface area contributed by atoms with Gasteiger partial charge in [-0.2, -0.15) is 8.42 Å². The first kappa shape index (κ1) is 15.2. The largest absolute Gasteiger partial charge is 0.324 e. The fourth-order valence-corrected chi connectivity index (χ4v) is 4.40. The number of thiazole rings is 1. The fourth-order valence-electron chi connectivity index (χ4n) is 1.81. The number of rotatable bonds is 3. The van der Waals surface area contributed by atoms with Gasteiger partial charge in [0, 0.05) is 10.9 Å². The standard InChI is InChI=1S/C13H10N2O4S3/c16-11-10(21-13(15-11)22(17,18)19)6-9-7-20-12(14-9)8-4-2-1-3-5-8/h1-7,13H,(H,15,16)(H,17,18,19). The average molecular weight is 354 g/mol. The fraction of sp³-hybridized carbons (Fsp3) is 0.0769. The molecule has 1 amide bonds. The van der Waals surface area contributed by atoms with Crippen molar-refractivity contribution in [2.24, 2.45) is 0 Å². The first-order chi connectivity index (χ1) is 10.4. The molecular weight excluding hydrogens is 344 g/mol. The molecule has 2 aromatic rings. The zero-order valence-electron chi connectivity index (χ0n) is 11.0. The van der Waals surface area contributed by atoms with E-state index in [1.165, 1.54) is 17.4 Å². The van der Waals surface area contributed by atoms with Gasteiger partial charge in [-0.25, -0.2) is 4.98 Å². The van der Waals surface area contributed by atoms with Gasteiger partial charge in [0.05, 0.1) is 10.6 Å². The summed E-state index contributed by atoms with van der Waals surface area (Å²) in [5.74, 6) is -0.540. The van der Waals surface area contributed by atoms with E-state index in [9.17, 15) is 13.2 Å². The van der Waals surface area contributed by atoms with Gasteiger partial charge >= 0.3 is 0 Å². The van der Waals surface area contributed by atoms with Crippen LogP contribution in [0.25, 0.3) is 16.6 Å². The molecule has 1 aliphatic rings. The van der Waals surface area contributed by atoms with E-state index < -0.39 is 20.7 Å². The molecule has 0 saturated carbocycles. The number of aromatic nitrogens is 1. The molecule has 1 saturated heterocycles. The highest BCUT2D eigenvalue weighted by molar-refractivity contribution is 8.15. The number of carbonyl (C=O) groups excluding carboxylic acids is 1. The first-order valence-corrected chi connectivity index (χ1v) is 9.36. The Morgan fingerprint density at radius 1 is 1.27 bits per heavy atom. The number of benzene rings is 1. The maximum Gasteiger partial charge on any atom is 0.296 e. The molecular formula is C13H10N2O4S3. The van der Waals surface area contributed by atoms with Crippen molar-refractivity contribution in [3.8, 4) is 10.6 Å². The Morgan fingerprint density at radius 2 is 2.00 bits per heavy atom. The zero-order valence-corrected chi connectivity index (χ0v) is 13.4. The minimum absolute atomic E-state index is 0.201. The molecule has 0 spiro atoms. The van der Waals surface area contributed by atoms with Crippen LogP contribution in [-0.4, -0.2) is 28.6 Å². The van der Waals surface area contributed by atoms with Crippen molar-refractivity contribution >= 4 is 45.2 Å². The van der Waals surface area contributed by atoms with Crippen LogP contribution in [0, 0.1) is 0 Å². The van der Waals surface area contributed by atoms with Crippen molar-refractivity contribution in [3.63, 3.8) is 0 Å². The van der Waals surface area contributed by atoms with Crippen LogP contribution in [0.4, 0.5) is 0 Å². The van der Waals surface area contributed by atoms with Crippen LogP contribution in [-0.2, 0) is 14.9 Å². The van der Waals surface area contributed by atoms with Gasteiger partial charge in [-0.15, -0.1) is 11.3 Å². The molecule has 1 aromatic heterocycles. The third-order valence-corrected chi connectivity index (χ3v) is 6.27. The quantitative estimate of drug-likeness (QED) is 0.648. The number of thioether (sulfide) groups is 1. The van der Waals surface area contributed by atoms with Crippen molar-refractivity contribution in [3.05, 3.63) is 46.3 Å². The molecule has 0 bridgehead atoms. The molecule has 114 valence electrons. The zero-order chi connectivity index (χ0) is 15.7. The van der Waals surface area contributed by atoms with E-state index in [1.807, 2.05) is 30.3 Å². The Bertz CT molecular complexity index is 843. The van der Waals surface area contributed by atoms with Crippen LogP contribution in [0.3, 0.4) is 0 Å². The van der Waals surface area contributed by atoms with Crippen LogP contribution >= 0.6 is 23.1 Å². The molecule has 2 N–H and O–H groups in total. The van der Waals surface area contributed by atoms with Crippen LogP contribution in [0.1, 0.15) is 5.69 Å². The summed E-state index contributed by atoms with van der Waals surface area (Å²) in [7, 11) is -4.33. The summed E-state index contributed by atoms with van der Waals surface area (Å²) >= 11 is 2.18. The Labute approximate surface area is 135 Å². The molecule has 2 heterocycles. The SMILES string of the molecule is O=C1NC(S(=O)(=O)O)SC1=Cc1csc(-c2ccccc2)n1. The van der Waals surface area contributed by atoms with Gasteiger partial charge in [0.1, 0.15) is 5.01 Å². The van der Waals surface area contributed by atoms with Crippen LogP contribution in [0.15, 0.2) is 40.6 Å². The highest BCUT2D eigenvalue weighted by Crippen LogP contribution is 2.32. The highest BCUT2D eigenvalue weighted by atomic mass is 32.3. The molecule has 1 unspecified atom stereocenters. The maximum atomic E-state index is 11.7. The number of nitrogens with zero attached hydrogens (tertiary/aromatic N) is 1. The van der Waals surface area contributed by atoms with Gasteiger partial charge in [0.2, 0.25) is 4.71 Å². The van der Waals surface area contributed by atoms with Gasteiger partial charge in [0.15, 0.2) is 0 Å². The normalized spacial score (nSPS) is 20.3. The molecule has 1 aliphatic heterocycles. The van der Waals surface area contributed by atoms with Crippen molar-refractivity contribution < 1.29 is 17.8 Å². The maximum absolute atomic E-state index is 11.7. The van der Waals surface area contributed by atoms with E-state index >= 15 is 0 Å². The molecule has 0 aliphatic carbocycles. The Morgan fingerprint density at radius 3 is 2.64 bits per heavy atom. The molecule has 0 radical (unpaired) electrons. The number of carbonyl (C=O) groups is 1. The second-order valence-electron chi connectivity index (χ2n) is 4.39. The summed E-state index contributed by atoms with van der Waals surface area (Å²) in [6, 6.07) is 9.59. The number of hydrogen-bond donors (Lipinski definition) is 2. The lowest BCUT2D eigenvalue weighted by Crippen LogP contribution is -2.31. The minimum Gasteiger partial charge on any atom is -0.324 e. The Hall–Kier alpha value is -1.68. The topological polar surface area (TPSA) is 96.4 Å². The molecule has 9 heteroatoms. The van der Waals surface area contributed by atoms with Crippen molar-refractivity contribution in [1.82, 2.24) is 10.3 Å². The molecule has 22 heavy (non-hydrogen) atoms. The average Bonchev–Trinajstić information content (AvgIpc) is 3.08. The number of nitrogens with one attached hydrogen (secondary N) is 1. The summed E-state index contributed by atoms with van der Waals surface area (Å²) in [4.78, 5) is 16.3. The second-order valence-corrected chi connectivity index (χ2v) is 8.20. The van der Waals surface area contributed by atoms with E-state index in [2.05, 4.69) is 10.3 Å². The monoisotopic (exact) mass is 354 g/mol. The summed E-state index contributed by atoms with van der Waals surface area (Å²) in [5, 5.41) is 4.79. The van der Waals surface area contributed by atoms with E-state index in [0.717, 1.165) is 22.3 Å². The van der Waals surface area contributed by atoms with E-state index in [-0.39, 0.29) is 4.91 Å². The predicted octanol–water partition coefficient (Wildman–Crippen LogP) is 2.19. The smallest absolute Gasteiger partial charge is 0.296 e. The second kappa shape index (κ2) is 5.84. The molecule has 1 aromatic carbocycles. The van der Waals surface area contributed by atoms with Crippen LogP contribution in [0.2, 0.25) is 0 Å². The minimum atomic E-state index is -4.33. The lowest BCUT2D eigenvalue weighted by atomic mass is 10.2. The summed E-state index contributed by atoms with van der Waals surface area (Å²) in [6.45, 7) is 0. The lowest BCUT2D eigenvalue weighted by Gasteiger charge is -2.01. The number of amides is 1. The molecule has 3 rings (SSSR count). The highest BCUT2D eigenvalue weighted by Gasteiger charge is 2.35. The van der Waals surface area contributed by atoms with Crippen molar-refractivity contribution in [2.45, 2.75) is 4.71 Å². The Kier molecular flexibility index (Phi) is 4.04. The molecule has 1 atom stereocenters. The van der Waals surface area contributed by atoms with Gasteiger partial charge < -0.3 is 5.32 Å². The van der Waals surface area contributed by atoms with E-state index in [1.54, 1.807) is 5.38 Å². The predicted molar refractivity (Wildman–Crippen MR) is 86.6 cm³/mol. The molecule has 1 fully saturated rings. The van der Waals surface area contributed by atoms with E-state index in [4.69, 9.17) is 4.55 Å².